The maximum absolute atomic E-state index is 13.0. The van der Waals surface area contributed by atoms with Crippen LogP contribution in [0.15, 0.2) is 42.5 Å². The molecule has 166 valence electrons. The lowest BCUT2D eigenvalue weighted by Crippen LogP contribution is -2.15. The number of ether oxygens (including phenoxy) is 1. The van der Waals surface area contributed by atoms with Crippen LogP contribution >= 0.6 is 46.1 Å². The fourth-order valence-electron chi connectivity index (χ4n) is 2.82. The molecule has 1 heterocycles. The lowest BCUT2D eigenvalue weighted by atomic mass is 10.1. The average molecular weight is 512 g/mol. The standard InChI is InChI=1S/C22H17Cl3N2O4S/c1-3-31-22(30)16-11(2)18(20(29)26-15-6-4-5-14(24)17(15)25)32-21(16)27-19(28)12-7-9-13(23)10-8-12/h4-10H,3H2,1-2H3,(H,26,29)(H,27,28). The topological polar surface area (TPSA) is 84.5 Å². The van der Waals surface area contributed by atoms with Gasteiger partial charge in [0.05, 0.1) is 32.8 Å². The molecule has 2 N–H and O–H groups in total. The van der Waals surface area contributed by atoms with Gasteiger partial charge in [0.1, 0.15) is 5.00 Å². The molecular formula is C22H17Cl3N2O4S. The van der Waals surface area contributed by atoms with Gasteiger partial charge in [-0.2, -0.15) is 0 Å². The molecular weight excluding hydrogens is 495 g/mol. The molecule has 0 unspecified atom stereocenters. The summed E-state index contributed by atoms with van der Waals surface area (Å²) in [5.74, 6) is -1.61. The van der Waals surface area contributed by atoms with Crippen molar-refractivity contribution in [3.05, 3.63) is 79.1 Å². The third kappa shape index (κ3) is 5.24. The summed E-state index contributed by atoms with van der Waals surface area (Å²) in [5.41, 5.74) is 1.14. The summed E-state index contributed by atoms with van der Waals surface area (Å²) in [6, 6.07) is 11.1. The zero-order chi connectivity index (χ0) is 23.4. The normalized spacial score (nSPS) is 10.5. The van der Waals surface area contributed by atoms with Crippen LogP contribution in [0.4, 0.5) is 10.7 Å². The first-order chi connectivity index (χ1) is 15.2. The van der Waals surface area contributed by atoms with Crippen LogP contribution in [0.25, 0.3) is 0 Å². The van der Waals surface area contributed by atoms with Gasteiger partial charge in [0.25, 0.3) is 11.8 Å². The zero-order valence-electron chi connectivity index (χ0n) is 16.9. The van der Waals surface area contributed by atoms with E-state index in [2.05, 4.69) is 10.6 Å². The molecule has 32 heavy (non-hydrogen) atoms. The fourth-order valence-corrected chi connectivity index (χ4v) is 4.38. The van der Waals surface area contributed by atoms with Gasteiger partial charge in [0, 0.05) is 10.6 Å². The molecule has 0 atom stereocenters. The minimum absolute atomic E-state index is 0.113. The third-order valence-corrected chi connectivity index (χ3v) is 6.64. The van der Waals surface area contributed by atoms with Crippen LogP contribution < -0.4 is 10.6 Å². The van der Waals surface area contributed by atoms with Crippen molar-refractivity contribution in [2.45, 2.75) is 13.8 Å². The first-order valence-electron chi connectivity index (χ1n) is 9.35. The Morgan fingerprint density at radius 3 is 2.31 bits per heavy atom. The summed E-state index contributed by atoms with van der Waals surface area (Å²) in [5, 5.41) is 6.54. The summed E-state index contributed by atoms with van der Waals surface area (Å²) < 4.78 is 5.13. The van der Waals surface area contributed by atoms with Crippen LogP contribution in [0.1, 0.15) is 42.9 Å². The molecule has 0 radical (unpaired) electrons. The number of nitrogens with one attached hydrogen (secondary N) is 2. The van der Waals surface area contributed by atoms with E-state index in [9.17, 15) is 14.4 Å². The molecule has 0 fully saturated rings. The maximum atomic E-state index is 13.0. The SMILES string of the molecule is CCOC(=O)c1c(NC(=O)c2ccc(Cl)cc2)sc(C(=O)Nc2cccc(Cl)c2Cl)c1C. The Labute approximate surface area is 203 Å². The number of carbonyl (C=O) groups is 3. The van der Waals surface area contributed by atoms with Crippen LogP contribution in [0.2, 0.25) is 15.1 Å². The van der Waals surface area contributed by atoms with Crippen LogP contribution in [0, 0.1) is 6.92 Å². The monoisotopic (exact) mass is 510 g/mol. The second-order valence-electron chi connectivity index (χ2n) is 6.50. The highest BCUT2D eigenvalue weighted by molar-refractivity contribution is 7.19. The average Bonchev–Trinajstić information content (AvgIpc) is 3.08. The quantitative estimate of drug-likeness (QED) is 0.361. The number of esters is 1. The highest BCUT2D eigenvalue weighted by Crippen LogP contribution is 2.36. The van der Waals surface area contributed by atoms with E-state index >= 15 is 0 Å². The first kappa shape index (κ1) is 24.1. The predicted molar refractivity (Wildman–Crippen MR) is 129 cm³/mol. The van der Waals surface area contributed by atoms with E-state index in [4.69, 9.17) is 39.5 Å². The molecule has 0 saturated carbocycles. The molecule has 0 bridgehead atoms. The fraction of sp³-hybridized carbons (Fsp3) is 0.136. The number of hydrogen-bond acceptors (Lipinski definition) is 5. The van der Waals surface area contributed by atoms with Crippen molar-refractivity contribution in [3.63, 3.8) is 0 Å². The number of carbonyl (C=O) groups excluding carboxylic acids is 3. The predicted octanol–water partition coefficient (Wildman–Crippen LogP) is 6.70. The third-order valence-electron chi connectivity index (χ3n) is 4.37. The van der Waals surface area contributed by atoms with Gasteiger partial charge in [-0.15, -0.1) is 11.3 Å². The minimum Gasteiger partial charge on any atom is -0.462 e. The van der Waals surface area contributed by atoms with E-state index in [-0.39, 0.29) is 32.1 Å². The van der Waals surface area contributed by atoms with Crippen LogP contribution in [-0.2, 0) is 4.74 Å². The number of rotatable bonds is 6. The molecule has 3 aromatic rings. The molecule has 2 amide bonds. The molecule has 0 aliphatic heterocycles. The van der Waals surface area contributed by atoms with E-state index < -0.39 is 17.8 Å². The number of thiophene rings is 1. The summed E-state index contributed by atoms with van der Waals surface area (Å²) >= 11 is 19.0. The van der Waals surface area contributed by atoms with E-state index in [1.165, 1.54) is 0 Å². The zero-order valence-corrected chi connectivity index (χ0v) is 20.0. The van der Waals surface area contributed by atoms with Gasteiger partial charge in [-0.05, 0) is 55.8 Å². The summed E-state index contributed by atoms with van der Waals surface area (Å²) in [7, 11) is 0. The Hall–Kier alpha value is -2.58. The molecule has 0 aliphatic carbocycles. The second-order valence-corrected chi connectivity index (χ2v) is 8.74. The number of halogens is 3. The molecule has 0 spiro atoms. The van der Waals surface area contributed by atoms with Crippen molar-refractivity contribution >= 4 is 74.6 Å². The summed E-state index contributed by atoms with van der Waals surface area (Å²) in [6.07, 6.45) is 0. The van der Waals surface area contributed by atoms with Crippen molar-refractivity contribution in [3.8, 4) is 0 Å². The maximum Gasteiger partial charge on any atom is 0.341 e. The van der Waals surface area contributed by atoms with Crippen molar-refractivity contribution in [1.29, 1.82) is 0 Å². The van der Waals surface area contributed by atoms with Crippen LogP contribution in [0.3, 0.4) is 0 Å². The largest absolute Gasteiger partial charge is 0.462 e. The molecule has 0 aliphatic rings. The highest BCUT2D eigenvalue weighted by Gasteiger charge is 2.27. The lowest BCUT2D eigenvalue weighted by Gasteiger charge is -2.08. The van der Waals surface area contributed by atoms with Gasteiger partial charge in [-0.25, -0.2) is 4.79 Å². The smallest absolute Gasteiger partial charge is 0.341 e. The molecule has 3 rings (SSSR count). The van der Waals surface area contributed by atoms with Gasteiger partial charge in [0.2, 0.25) is 0 Å². The van der Waals surface area contributed by atoms with Gasteiger partial charge < -0.3 is 15.4 Å². The highest BCUT2D eigenvalue weighted by atomic mass is 35.5. The molecule has 2 aromatic carbocycles. The summed E-state index contributed by atoms with van der Waals surface area (Å²) in [4.78, 5) is 38.5. The van der Waals surface area contributed by atoms with Crippen molar-refractivity contribution in [2.75, 3.05) is 17.2 Å². The van der Waals surface area contributed by atoms with Crippen molar-refractivity contribution in [1.82, 2.24) is 0 Å². The minimum atomic E-state index is -0.646. The van der Waals surface area contributed by atoms with Gasteiger partial charge >= 0.3 is 5.97 Å². The molecule has 6 nitrogen and oxygen atoms in total. The number of anilines is 2. The summed E-state index contributed by atoms with van der Waals surface area (Å²) in [6.45, 7) is 3.41. The first-order valence-corrected chi connectivity index (χ1v) is 11.3. The van der Waals surface area contributed by atoms with E-state index in [0.29, 0.717) is 21.8 Å². The van der Waals surface area contributed by atoms with Gasteiger partial charge in [-0.3, -0.25) is 9.59 Å². The van der Waals surface area contributed by atoms with E-state index in [1.54, 1.807) is 56.3 Å². The molecule has 1 aromatic heterocycles. The van der Waals surface area contributed by atoms with Crippen LogP contribution in [0.5, 0.6) is 0 Å². The van der Waals surface area contributed by atoms with E-state index in [1.807, 2.05) is 0 Å². The lowest BCUT2D eigenvalue weighted by molar-refractivity contribution is 0.0527. The Kier molecular flexibility index (Phi) is 7.79. The van der Waals surface area contributed by atoms with Crippen molar-refractivity contribution in [2.24, 2.45) is 0 Å². The Bertz CT molecular complexity index is 1190. The number of hydrogen-bond donors (Lipinski definition) is 2. The van der Waals surface area contributed by atoms with Crippen molar-refractivity contribution < 1.29 is 19.1 Å². The Morgan fingerprint density at radius 2 is 1.66 bits per heavy atom. The second kappa shape index (κ2) is 10.4. The van der Waals surface area contributed by atoms with E-state index in [0.717, 1.165) is 11.3 Å². The Balaban J connectivity index is 1.96. The van der Waals surface area contributed by atoms with Gasteiger partial charge in [-0.1, -0.05) is 40.9 Å². The molecule has 10 heteroatoms. The van der Waals surface area contributed by atoms with Gasteiger partial charge in [0.15, 0.2) is 0 Å². The number of benzene rings is 2. The molecule has 0 saturated heterocycles. The number of amides is 2. The Morgan fingerprint density at radius 1 is 0.969 bits per heavy atom. The van der Waals surface area contributed by atoms with Crippen LogP contribution in [-0.4, -0.2) is 24.4 Å².